The quantitative estimate of drug-likeness (QED) is 0.474. The smallest absolute Gasteiger partial charge is 0.309 e. The number of carbonyl (C=O) groups is 1. The molecule has 1 atom stereocenters. The van der Waals surface area contributed by atoms with Gasteiger partial charge < -0.3 is 10.2 Å². The molecule has 0 bridgehead atoms. The van der Waals surface area contributed by atoms with Gasteiger partial charge in [0.15, 0.2) is 0 Å². The highest BCUT2D eigenvalue weighted by Gasteiger charge is 2.26. The molecule has 0 saturated heterocycles. The average molecular weight is 234 g/mol. The lowest BCUT2D eigenvalue weighted by atomic mass is 9.83. The Morgan fingerprint density at radius 3 is 3.12 bits per heavy atom. The fourth-order valence-electron chi connectivity index (χ4n) is 2.40. The number of hydrogen-bond donors (Lipinski definition) is 2. The van der Waals surface area contributed by atoms with E-state index in [9.17, 15) is 4.79 Å². The zero-order chi connectivity index (χ0) is 12.3. The maximum absolute atomic E-state index is 11.7. The van der Waals surface area contributed by atoms with Crippen LogP contribution in [-0.4, -0.2) is 12.6 Å². The van der Waals surface area contributed by atoms with Crippen molar-refractivity contribution in [2.75, 3.05) is 12.0 Å². The number of rotatable bonds is 3. The average Bonchev–Trinajstić information content (AvgIpc) is 2.37. The monoisotopic (exact) mass is 234 g/mol. The van der Waals surface area contributed by atoms with E-state index in [2.05, 4.69) is 11.5 Å². The van der Waals surface area contributed by atoms with Gasteiger partial charge in [-0.1, -0.05) is 12.1 Å². The van der Waals surface area contributed by atoms with Crippen LogP contribution in [0.5, 0.6) is 0 Å². The molecule has 0 saturated carbocycles. The number of fused-ring (bicyclic) bond motifs is 1. The van der Waals surface area contributed by atoms with Crippen molar-refractivity contribution in [1.82, 2.24) is 0 Å². The number of nitrogens with one attached hydrogen (secondary N) is 1. The molecule has 0 amide bonds. The van der Waals surface area contributed by atoms with E-state index in [4.69, 9.17) is 10.6 Å². The van der Waals surface area contributed by atoms with Crippen LogP contribution in [0.25, 0.3) is 0 Å². The van der Waals surface area contributed by atoms with Crippen LogP contribution in [0.15, 0.2) is 18.2 Å². The van der Waals surface area contributed by atoms with Gasteiger partial charge in [0, 0.05) is 0 Å². The Labute approximate surface area is 101 Å². The predicted octanol–water partition coefficient (Wildman–Crippen LogP) is 1.64. The van der Waals surface area contributed by atoms with Gasteiger partial charge in [-0.3, -0.25) is 10.6 Å². The fourth-order valence-corrected chi connectivity index (χ4v) is 2.40. The molecule has 0 fully saturated rings. The summed E-state index contributed by atoms with van der Waals surface area (Å²) in [6.45, 7) is 2.29. The van der Waals surface area contributed by atoms with Crippen molar-refractivity contribution in [3.8, 4) is 0 Å². The number of hydrazine groups is 1. The molecule has 0 radical (unpaired) electrons. The molecule has 92 valence electrons. The van der Waals surface area contributed by atoms with Crippen LogP contribution in [0.3, 0.4) is 0 Å². The van der Waals surface area contributed by atoms with Crippen LogP contribution in [0, 0.1) is 5.92 Å². The molecule has 4 nitrogen and oxygen atoms in total. The molecule has 17 heavy (non-hydrogen) atoms. The van der Waals surface area contributed by atoms with Crippen molar-refractivity contribution in [2.45, 2.75) is 26.2 Å². The van der Waals surface area contributed by atoms with E-state index in [1.54, 1.807) is 0 Å². The summed E-state index contributed by atoms with van der Waals surface area (Å²) in [5.41, 5.74) is 6.10. The van der Waals surface area contributed by atoms with Crippen molar-refractivity contribution >= 4 is 11.7 Å². The molecule has 0 spiro atoms. The third-order valence-electron chi connectivity index (χ3n) is 3.26. The molecule has 1 unspecified atom stereocenters. The Kier molecular flexibility index (Phi) is 3.64. The molecule has 3 N–H and O–H groups in total. The number of anilines is 1. The zero-order valence-corrected chi connectivity index (χ0v) is 10.0. The molecule has 1 aromatic carbocycles. The van der Waals surface area contributed by atoms with E-state index in [1.807, 2.05) is 19.1 Å². The minimum Gasteiger partial charge on any atom is -0.466 e. The first-order valence-electron chi connectivity index (χ1n) is 6.00. The Hall–Kier alpha value is -1.55. The topological polar surface area (TPSA) is 64.3 Å². The molecule has 0 heterocycles. The number of nitrogens with two attached hydrogens (primary N) is 1. The van der Waals surface area contributed by atoms with Crippen LogP contribution in [0.1, 0.15) is 24.5 Å². The second-order valence-corrected chi connectivity index (χ2v) is 4.28. The SMILES string of the molecule is CCOC(=O)C1CCc2c(cccc2NN)C1. The zero-order valence-electron chi connectivity index (χ0n) is 10.0. The number of nitrogen functional groups attached to an aromatic ring is 1. The van der Waals surface area contributed by atoms with E-state index in [0.717, 1.165) is 24.9 Å². The summed E-state index contributed by atoms with van der Waals surface area (Å²) in [7, 11) is 0. The third kappa shape index (κ3) is 2.42. The second-order valence-electron chi connectivity index (χ2n) is 4.28. The lowest BCUT2D eigenvalue weighted by Gasteiger charge is -2.24. The first kappa shape index (κ1) is 11.9. The number of hydrogen-bond acceptors (Lipinski definition) is 4. The minimum absolute atomic E-state index is 0.00419. The van der Waals surface area contributed by atoms with Gasteiger partial charge in [-0.25, -0.2) is 0 Å². The lowest BCUT2D eigenvalue weighted by molar-refractivity contribution is -0.148. The van der Waals surface area contributed by atoms with Gasteiger partial charge in [0.1, 0.15) is 0 Å². The van der Waals surface area contributed by atoms with Crippen molar-refractivity contribution in [2.24, 2.45) is 11.8 Å². The molecule has 0 aromatic heterocycles. The molecule has 1 aliphatic carbocycles. The van der Waals surface area contributed by atoms with Gasteiger partial charge in [-0.05, 0) is 43.4 Å². The molecule has 1 aromatic rings. The van der Waals surface area contributed by atoms with Crippen LogP contribution in [-0.2, 0) is 22.4 Å². The number of carbonyl (C=O) groups excluding carboxylic acids is 1. The van der Waals surface area contributed by atoms with Gasteiger partial charge in [-0.2, -0.15) is 0 Å². The molecule has 0 aliphatic heterocycles. The third-order valence-corrected chi connectivity index (χ3v) is 3.26. The van der Waals surface area contributed by atoms with Crippen molar-refractivity contribution < 1.29 is 9.53 Å². The number of esters is 1. The highest BCUT2D eigenvalue weighted by molar-refractivity contribution is 5.74. The molecule has 1 aliphatic rings. The molecular formula is C13H18N2O2. The number of benzene rings is 1. The molecular weight excluding hydrogens is 216 g/mol. The fraction of sp³-hybridized carbons (Fsp3) is 0.462. The van der Waals surface area contributed by atoms with Crippen LogP contribution in [0.4, 0.5) is 5.69 Å². The molecule has 2 rings (SSSR count). The van der Waals surface area contributed by atoms with Crippen LogP contribution in [0.2, 0.25) is 0 Å². The Bertz CT molecular complexity index is 418. The van der Waals surface area contributed by atoms with Crippen molar-refractivity contribution in [1.29, 1.82) is 0 Å². The highest BCUT2D eigenvalue weighted by Crippen LogP contribution is 2.30. The Balaban J connectivity index is 2.17. The summed E-state index contributed by atoms with van der Waals surface area (Å²) in [4.78, 5) is 11.7. The summed E-state index contributed by atoms with van der Waals surface area (Å²) in [6.07, 6.45) is 2.47. The second kappa shape index (κ2) is 5.19. The van der Waals surface area contributed by atoms with Crippen molar-refractivity contribution in [3.63, 3.8) is 0 Å². The standard InChI is InChI=1S/C13H18N2O2/c1-2-17-13(16)10-6-7-11-9(8-10)4-3-5-12(11)15-14/h3-5,10,15H,2,6-8,14H2,1H3. The summed E-state index contributed by atoms with van der Waals surface area (Å²) in [6, 6.07) is 5.98. The first-order valence-corrected chi connectivity index (χ1v) is 6.00. The van der Waals surface area contributed by atoms with E-state index in [-0.39, 0.29) is 11.9 Å². The normalized spacial score (nSPS) is 18.4. The maximum atomic E-state index is 11.7. The number of ether oxygens (including phenoxy) is 1. The minimum atomic E-state index is -0.0794. The summed E-state index contributed by atoms with van der Waals surface area (Å²) in [5, 5.41) is 0. The van der Waals surface area contributed by atoms with E-state index >= 15 is 0 Å². The maximum Gasteiger partial charge on any atom is 0.309 e. The van der Waals surface area contributed by atoms with E-state index in [1.165, 1.54) is 11.1 Å². The van der Waals surface area contributed by atoms with Gasteiger partial charge in [-0.15, -0.1) is 0 Å². The van der Waals surface area contributed by atoms with E-state index in [0.29, 0.717) is 6.61 Å². The summed E-state index contributed by atoms with van der Waals surface area (Å²) in [5.74, 6) is 5.39. The molecule has 4 heteroatoms. The van der Waals surface area contributed by atoms with Gasteiger partial charge in [0.05, 0.1) is 18.2 Å². The largest absolute Gasteiger partial charge is 0.466 e. The first-order chi connectivity index (χ1) is 8.26. The van der Waals surface area contributed by atoms with Gasteiger partial charge in [0.2, 0.25) is 0 Å². The van der Waals surface area contributed by atoms with Crippen molar-refractivity contribution in [3.05, 3.63) is 29.3 Å². The Morgan fingerprint density at radius 1 is 1.59 bits per heavy atom. The van der Waals surface area contributed by atoms with Gasteiger partial charge >= 0.3 is 5.97 Å². The lowest BCUT2D eigenvalue weighted by Crippen LogP contribution is -2.25. The van der Waals surface area contributed by atoms with Crippen LogP contribution < -0.4 is 11.3 Å². The van der Waals surface area contributed by atoms with Gasteiger partial charge in [0.25, 0.3) is 0 Å². The summed E-state index contributed by atoms with van der Waals surface area (Å²) >= 11 is 0. The van der Waals surface area contributed by atoms with E-state index < -0.39 is 0 Å². The predicted molar refractivity (Wildman–Crippen MR) is 66.4 cm³/mol. The van der Waals surface area contributed by atoms with Crippen LogP contribution >= 0.6 is 0 Å². The highest BCUT2D eigenvalue weighted by atomic mass is 16.5. The Morgan fingerprint density at radius 2 is 2.41 bits per heavy atom. The summed E-state index contributed by atoms with van der Waals surface area (Å²) < 4.78 is 5.07.